The van der Waals surface area contributed by atoms with E-state index in [-0.39, 0.29) is 11.9 Å². The van der Waals surface area contributed by atoms with E-state index in [1.165, 1.54) is 4.90 Å². The average Bonchev–Trinajstić information content (AvgIpc) is 2.78. The molecule has 2 heterocycles. The van der Waals surface area contributed by atoms with Crippen molar-refractivity contribution in [2.24, 2.45) is 0 Å². The Morgan fingerprint density at radius 1 is 0.774 bits per heavy atom. The molecule has 0 spiro atoms. The van der Waals surface area contributed by atoms with Crippen LogP contribution in [-0.4, -0.2) is 96.9 Å². The number of nitrogens with one attached hydrogen (secondary N) is 1. The molecule has 8 nitrogen and oxygen atoms in total. The summed E-state index contributed by atoms with van der Waals surface area (Å²) in [5.74, 6) is -1.14. The van der Waals surface area contributed by atoms with Crippen molar-refractivity contribution in [3.63, 3.8) is 0 Å². The summed E-state index contributed by atoms with van der Waals surface area (Å²) in [7, 11) is 0. The van der Waals surface area contributed by atoms with Crippen LogP contribution in [0.4, 0.5) is 5.69 Å². The number of anilines is 1. The van der Waals surface area contributed by atoms with Gasteiger partial charge in [-0.05, 0) is 52.0 Å². The molecule has 0 atom stereocenters. The van der Waals surface area contributed by atoms with Crippen molar-refractivity contribution in [3.05, 3.63) is 29.8 Å². The highest BCUT2D eigenvalue weighted by molar-refractivity contribution is 6.35. The number of benzene rings is 1. The van der Waals surface area contributed by atoms with E-state index in [0.717, 1.165) is 31.9 Å². The zero-order valence-corrected chi connectivity index (χ0v) is 19.1. The summed E-state index contributed by atoms with van der Waals surface area (Å²) in [5.41, 5.74) is 1.80. The topological polar surface area (TPSA) is 76.2 Å². The summed E-state index contributed by atoms with van der Waals surface area (Å²) in [6.45, 7) is 13.8. The predicted octanol–water partition coefficient (Wildman–Crippen LogP) is 1.03. The van der Waals surface area contributed by atoms with Crippen LogP contribution in [0.1, 0.15) is 38.1 Å². The molecule has 3 amide bonds. The number of hydrogen-bond donors (Lipinski definition) is 1. The van der Waals surface area contributed by atoms with Crippen LogP contribution >= 0.6 is 0 Å². The van der Waals surface area contributed by atoms with Gasteiger partial charge in [-0.3, -0.25) is 19.3 Å². The van der Waals surface area contributed by atoms with Crippen molar-refractivity contribution in [3.8, 4) is 0 Å². The predicted molar refractivity (Wildman–Crippen MR) is 121 cm³/mol. The van der Waals surface area contributed by atoms with E-state index in [1.807, 2.05) is 38.1 Å². The first-order valence-electron chi connectivity index (χ1n) is 11.2. The molecule has 2 aliphatic rings. The average molecular weight is 430 g/mol. The van der Waals surface area contributed by atoms with Crippen molar-refractivity contribution in [2.45, 2.75) is 39.8 Å². The lowest BCUT2D eigenvalue weighted by Crippen LogP contribution is -2.54. The van der Waals surface area contributed by atoms with Crippen LogP contribution in [-0.2, 0) is 9.59 Å². The Bertz CT molecular complexity index is 777. The molecule has 3 rings (SSSR count). The van der Waals surface area contributed by atoms with Crippen LogP contribution in [0, 0.1) is 0 Å². The number of amides is 3. The summed E-state index contributed by atoms with van der Waals surface area (Å²) in [5, 5.41) is 2.62. The Balaban J connectivity index is 1.51. The fraction of sp³-hybridized carbons (Fsp3) is 0.609. The number of carbonyl (C=O) groups excluding carboxylic acids is 3. The molecule has 1 aromatic carbocycles. The van der Waals surface area contributed by atoms with E-state index in [0.29, 0.717) is 37.8 Å². The molecular weight excluding hydrogens is 394 g/mol. The van der Waals surface area contributed by atoms with E-state index in [1.54, 1.807) is 4.90 Å². The lowest BCUT2D eigenvalue weighted by atomic mass is 10.1. The lowest BCUT2D eigenvalue weighted by molar-refractivity contribution is -0.147. The van der Waals surface area contributed by atoms with Gasteiger partial charge in [-0.25, -0.2) is 0 Å². The monoisotopic (exact) mass is 429 g/mol. The Labute approximate surface area is 185 Å². The molecule has 170 valence electrons. The second-order valence-electron chi connectivity index (χ2n) is 8.88. The van der Waals surface area contributed by atoms with Gasteiger partial charge in [0, 0.05) is 75.7 Å². The molecule has 0 unspecified atom stereocenters. The van der Waals surface area contributed by atoms with Crippen LogP contribution in [0.15, 0.2) is 24.3 Å². The van der Waals surface area contributed by atoms with E-state index in [2.05, 4.69) is 29.0 Å². The molecular formula is C23H35N5O3. The Morgan fingerprint density at radius 2 is 1.32 bits per heavy atom. The number of piperazine rings is 2. The largest absolute Gasteiger partial charge is 0.369 e. The van der Waals surface area contributed by atoms with Crippen molar-refractivity contribution in [1.82, 2.24) is 20.0 Å². The molecule has 8 heteroatoms. The zero-order valence-electron chi connectivity index (χ0n) is 19.1. The van der Waals surface area contributed by atoms with Gasteiger partial charge in [0.2, 0.25) is 0 Å². The highest BCUT2D eigenvalue weighted by Gasteiger charge is 2.28. The molecule has 1 aromatic rings. The Kier molecular flexibility index (Phi) is 7.54. The summed E-state index contributed by atoms with van der Waals surface area (Å²) in [4.78, 5) is 45.1. The minimum atomic E-state index is -0.584. The minimum absolute atomic E-state index is 0.0325. The first-order chi connectivity index (χ1) is 14.8. The fourth-order valence-corrected chi connectivity index (χ4v) is 4.07. The fourth-order valence-electron chi connectivity index (χ4n) is 4.07. The second kappa shape index (κ2) is 10.1. The van der Waals surface area contributed by atoms with E-state index in [9.17, 15) is 14.4 Å². The van der Waals surface area contributed by atoms with Gasteiger partial charge in [-0.1, -0.05) is 0 Å². The van der Waals surface area contributed by atoms with Crippen molar-refractivity contribution >= 4 is 23.4 Å². The van der Waals surface area contributed by atoms with Crippen LogP contribution < -0.4 is 10.2 Å². The molecule has 0 saturated carbocycles. The quantitative estimate of drug-likeness (QED) is 0.724. The van der Waals surface area contributed by atoms with Gasteiger partial charge in [0.15, 0.2) is 0 Å². The van der Waals surface area contributed by atoms with E-state index >= 15 is 0 Å². The molecule has 2 aliphatic heterocycles. The van der Waals surface area contributed by atoms with Gasteiger partial charge in [0.05, 0.1) is 0 Å². The highest BCUT2D eigenvalue weighted by atomic mass is 16.2. The molecule has 0 aromatic heterocycles. The third kappa shape index (κ3) is 5.76. The first kappa shape index (κ1) is 23.1. The maximum Gasteiger partial charge on any atom is 0.312 e. The second-order valence-corrected chi connectivity index (χ2v) is 8.88. The lowest BCUT2D eigenvalue weighted by Gasteiger charge is -2.38. The van der Waals surface area contributed by atoms with Gasteiger partial charge in [0.1, 0.15) is 0 Å². The molecule has 2 fully saturated rings. The summed E-state index contributed by atoms with van der Waals surface area (Å²) in [6, 6.07) is 8.31. The van der Waals surface area contributed by atoms with Crippen LogP contribution in [0.5, 0.6) is 0 Å². The first-order valence-corrected chi connectivity index (χ1v) is 11.2. The molecule has 0 bridgehead atoms. The molecule has 1 N–H and O–H groups in total. The zero-order chi connectivity index (χ0) is 22.5. The van der Waals surface area contributed by atoms with Gasteiger partial charge < -0.3 is 20.0 Å². The minimum Gasteiger partial charge on any atom is -0.369 e. The third-order valence-electron chi connectivity index (χ3n) is 5.99. The Morgan fingerprint density at radius 3 is 1.84 bits per heavy atom. The number of rotatable bonds is 4. The van der Waals surface area contributed by atoms with Crippen molar-refractivity contribution in [1.29, 1.82) is 0 Å². The maximum absolute atomic E-state index is 12.9. The number of nitrogens with zero attached hydrogens (tertiary/aromatic N) is 4. The molecule has 0 radical (unpaired) electrons. The normalized spacial score (nSPS) is 17.9. The standard InChI is InChI=1S/C23H35N5O3/c1-17(2)24-21(29)23(31)28-15-13-27(14-16-28)22(30)19-5-7-20(8-6-19)26-11-9-25(10-12-26)18(3)4/h5-8,17-18H,9-16H2,1-4H3,(H,24,29). The van der Waals surface area contributed by atoms with Crippen molar-refractivity contribution in [2.75, 3.05) is 57.3 Å². The number of carbonyl (C=O) groups is 3. The van der Waals surface area contributed by atoms with Gasteiger partial charge in [0.25, 0.3) is 5.91 Å². The van der Waals surface area contributed by atoms with Gasteiger partial charge in [-0.15, -0.1) is 0 Å². The summed E-state index contributed by atoms with van der Waals surface area (Å²) < 4.78 is 0. The maximum atomic E-state index is 12.9. The third-order valence-corrected chi connectivity index (χ3v) is 5.99. The van der Waals surface area contributed by atoms with Gasteiger partial charge in [-0.2, -0.15) is 0 Å². The SMILES string of the molecule is CC(C)NC(=O)C(=O)N1CCN(C(=O)c2ccc(N3CCN(C(C)C)CC3)cc2)CC1. The summed E-state index contributed by atoms with van der Waals surface area (Å²) >= 11 is 0. The number of hydrogen-bond acceptors (Lipinski definition) is 5. The smallest absolute Gasteiger partial charge is 0.312 e. The van der Waals surface area contributed by atoms with E-state index < -0.39 is 11.8 Å². The van der Waals surface area contributed by atoms with Crippen LogP contribution in [0.2, 0.25) is 0 Å². The van der Waals surface area contributed by atoms with E-state index in [4.69, 9.17) is 0 Å². The molecule has 0 aliphatic carbocycles. The van der Waals surface area contributed by atoms with Crippen LogP contribution in [0.25, 0.3) is 0 Å². The highest BCUT2D eigenvalue weighted by Crippen LogP contribution is 2.19. The summed E-state index contributed by atoms with van der Waals surface area (Å²) in [6.07, 6.45) is 0. The van der Waals surface area contributed by atoms with Gasteiger partial charge >= 0.3 is 11.8 Å². The molecule has 31 heavy (non-hydrogen) atoms. The Hall–Kier alpha value is -2.61. The van der Waals surface area contributed by atoms with Crippen LogP contribution in [0.3, 0.4) is 0 Å². The molecule has 2 saturated heterocycles. The van der Waals surface area contributed by atoms with Crippen molar-refractivity contribution < 1.29 is 14.4 Å².